The lowest BCUT2D eigenvalue weighted by atomic mass is 9.73. The molecule has 0 aliphatic carbocycles. The van der Waals surface area contributed by atoms with Crippen LogP contribution in [0.15, 0.2) is 0 Å². The number of methoxy groups -OCH3 is 1. The highest BCUT2D eigenvalue weighted by atomic mass is 16.7. The van der Waals surface area contributed by atoms with Crippen LogP contribution in [-0.4, -0.2) is 31.4 Å². The molecule has 1 fully saturated rings. The standard InChI is InChI=1S/C10H19BO4/c1-7(8(12)13-6)11-14-9(2,3)10(4,5)15-11/h7H,1-6H3. The van der Waals surface area contributed by atoms with E-state index in [1.54, 1.807) is 6.92 Å². The summed E-state index contributed by atoms with van der Waals surface area (Å²) in [5.74, 6) is -0.718. The SMILES string of the molecule is COC(=O)C(C)B1OC(C)(C)C(C)(C)O1. The van der Waals surface area contributed by atoms with E-state index in [2.05, 4.69) is 4.74 Å². The minimum absolute atomic E-state index is 0.312. The van der Waals surface area contributed by atoms with E-state index in [-0.39, 0.29) is 5.97 Å². The molecule has 0 aromatic heterocycles. The molecule has 5 heteroatoms. The minimum atomic E-state index is -0.526. The molecule has 0 aromatic carbocycles. The highest BCUT2D eigenvalue weighted by Crippen LogP contribution is 2.39. The van der Waals surface area contributed by atoms with Crippen LogP contribution in [0.3, 0.4) is 0 Å². The maximum absolute atomic E-state index is 11.3. The largest absolute Gasteiger partial charge is 0.472 e. The van der Waals surface area contributed by atoms with Crippen LogP contribution in [0.4, 0.5) is 0 Å². The topological polar surface area (TPSA) is 44.8 Å². The molecule has 1 atom stereocenters. The Morgan fingerprint density at radius 1 is 1.20 bits per heavy atom. The van der Waals surface area contributed by atoms with Gasteiger partial charge < -0.3 is 14.0 Å². The molecule has 1 saturated heterocycles. The van der Waals surface area contributed by atoms with Crippen LogP contribution < -0.4 is 0 Å². The molecular weight excluding hydrogens is 195 g/mol. The lowest BCUT2D eigenvalue weighted by Gasteiger charge is -2.32. The number of carbonyl (C=O) groups is 1. The summed E-state index contributed by atoms with van der Waals surface area (Å²) in [5, 5.41) is 0. The first kappa shape index (κ1) is 12.5. The normalized spacial score (nSPS) is 25.1. The molecule has 0 amide bonds. The summed E-state index contributed by atoms with van der Waals surface area (Å²) in [7, 11) is 0.840. The van der Waals surface area contributed by atoms with Crippen molar-refractivity contribution in [2.75, 3.05) is 7.11 Å². The zero-order chi connectivity index (χ0) is 11.9. The molecule has 0 saturated carbocycles. The molecule has 0 radical (unpaired) electrons. The molecule has 0 bridgehead atoms. The summed E-state index contributed by atoms with van der Waals surface area (Å²) in [6, 6.07) is 0. The fraction of sp³-hybridized carbons (Fsp3) is 0.900. The van der Waals surface area contributed by atoms with E-state index in [1.807, 2.05) is 27.7 Å². The molecule has 1 rings (SSSR count). The fourth-order valence-corrected chi connectivity index (χ4v) is 1.39. The molecule has 1 aliphatic rings. The van der Waals surface area contributed by atoms with E-state index in [4.69, 9.17) is 9.31 Å². The van der Waals surface area contributed by atoms with Gasteiger partial charge in [-0.15, -0.1) is 0 Å². The van der Waals surface area contributed by atoms with Crippen molar-refractivity contribution in [1.82, 2.24) is 0 Å². The van der Waals surface area contributed by atoms with Crippen molar-refractivity contribution in [2.24, 2.45) is 0 Å². The highest BCUT2D eigenvalue weighted by molar-refractivity contribution is 6.52. The number of hydrogen-bond donors (Lipinski definition) is 0. The summed E-state index contributed by atoms with van der Waals surface area (Å²) in [6.45, 7) is 9.57. The van der Waals surface area contributed by atoms with Gasteiger partial charge in [-0.05, 0) is 27.7 Å². The van der Waals surface area contributed by atoms with Crippen LogP contribution in [0.2, 0.25) is 5.82 Å². The molecule has 15 heavy (non-hydrogen) atoms. The maximum Gasteiger partial charge on any atom is 0.472 e. The quantitative estimate of drug-likeness (QED) is 0.517. The van der Waals surface area contributed by atoms with Gasteiger partial charge in [-0.25, -0.2) is 0 Å². The van der Waals surface area contributed by atoms with Gasteiger partial charge >= 0.3 is 13.1 Å². The third-order valence-corrected chi connectivity index (χ3v) is 3.25. The number of ether oxygens (including phenoxy) is 1. The third-order valence-electron chi connectivity index (χ3n) is 3.25. The maximum atomic E-state index is 11.3. The minimum Gasteiger partial charge on any atom is -0.469 e. The van der Waals surface area contributed by atoms with Gasteiger partial charge in [0.2, 0.25) is 0 Å². The Bertz CT molecular complexity index is 246. The molecule has 1 aliphatic heterocycles. The molecule has 0 spiro atoms. The Hall–Kier alpha value is -0.545. The first-order valence-electron chi connectivity index (χ1n) is 5.15. The third kappa shape index (κ3) is 2.18. The van der Waals surface area contributed by atoms with Gasteiger partial charge in [0, 0.05) is 0 Å². The van der Waals surface area contributed by atoms with Gasteiger partial charge in [-0.1, -0.05) is 6.92 Å². The second-order valence-corrected chi connectivity index (χ2v) is 4.94. The average Bonchev–Trinajstić information content (AvgIpc) is 2.33. The smallest absolute Gasteiger partial charge is 0.469 e. The average molecular weight is 214 g/mol. The van der Waals surface area contributed by atoms with Crippen molar-refractivity contribution in [1.29, 1.82) is 0 Å². The monoisotopic (exact) mass is 214 g/mol. The number of rotatable bonds is 2. The van der Waals surface area contributed by atoms with Crippen molar-refractivity contribution in [3.63, 3.8) is 0 Å². The fourth-order valence-electron chi connectivity index (χ4n) is 1.39. The van der Waals surface area contributed by atoms with E-state index in [0.29, 0.717) is 0 Å². The molecule has 1 unspecified atom stereocenters. The zero-order valence-electron chi connectivity index (χ0n) is 10.3. The van der Waals surface area contributed by atoms with E-state index in [0.717, 1.165) is 0 Å². The predicted molar refractivity (Wildman–Crippen MR) is 57.5 cm³/mol. The summed E-state index contributed by atoms with van der Waals surface area (Å²) < 4.78 is 16.1. The predicted octanol–water partition coefficient (Wildman–Crippen LogP) is 1.64. The van der Waals surface area contributed by atoms with Crippen LogP contribution in [0.1, 0.15) is 34.6 Å². The first-order valence-corrected chi connectivity index (χ1v) is 5.15. The van der Waals surface area contributed by atoms with Crippen LogP contribution in [0.25, 0.3) is 0 Å². The Kier molecular flexibility index (Phi) is 3.17. The van der Waals surface area contributed by atoms with E-state index in [1.165, 1.54) is 7.11 Å². The van der Waals surface area contributed by atoms with E-state index >= 15 is 0 Å². The molecule has 4 nitrogen and oxygen atoms in total. The Labute approximate surface area is 91.4 Å². The van der Waals surface area contributed by atoms with Crippen LogP contribution in [-0.2, 0) is 18.8 Å². The number of esters is 1. The number of hydrogen-bond acceptors (Lipinski definition) is 4. The summed E-state index contributed by atoms with van der Waals surface area (Å²) in [5.41, 5.74) is -0.806. The van der Waals surface area contributed by atoms with Crippen LogP contribution in [0.5, 0.6) is 0 Å². The summed E-state index contributed by atoms with van der Waals surface area (Å²) in [4.78, 5) is 11.3. The van der Waals surface area contributed by atoms with E-state index < -0.39 is 24.1 Å². The molecule has 1 heterocycles. The van der Waals surface area contributed by atoms with Crippen molar-refractivity contribution in [3.8, 4) is 0 Å². The van der Waals surface area contributed by atoms with Gasteiger partial charge in [0.1, 0.15) is 0 Å². The highest BCUT2D eigenvalue weighted by Gasteiger charge is 2.54. The lowest BCUT2D eigenvalue weighted by molar-refractivity contribution is -0.140. The molecule has 0 N–H and O–H groups in total. The Morgan fingerprint density at radius 3 is 1.93 bits per heavy atom. The summed E-state index contributed by atoms with van der Waals surface area (Å²) in [6.07, 6.45) is 0. The lowest BCUT2D eigenvalue weighted by Crippen LogP contribution is -2.41. The molecule has 86 valence electrons. The van der Waals surface area contributed by atoms with Gasteiger partial charge in [-0.3, -0.25) is 4.79 Å². The van der Waals surface area contributed by atoms with Gasteiger partial charge in [0.25, 0.3) is 0 Å². The van der Waals surface area contributed by atoms with Crippen LogP contribution >= 0.6 is 0 Å². The molecule has 0 aromatic rings. The second kappa shape index (κ2) is 3.79. The Balaban J connectivity index is 2.75. The first-order chi connectivity index (χ1) is 6.71. The Morgan fingerprint density at radius 2 is 1.60 bits per heavy atom. The number of carbonyl (C=O) groups excluding carboxylic acids is 1. The van der Waals surface area contributed by atoms with Crippen molar-refractivity contribution in [3.05, 3.63) is 0 Å². The summed E-state index contributed by atoms with van der Waals surface area (Å²) >= 11 is 0. The van der Waals surface area contributed by atoms with Crippen molar-refractivity contribution < 1.29 is 18.8 Å². The van der Waals surface area contributed by atoms with Gasteiger partial charge in [0.15, 0.2) is 0 Å². The molecular formula is C10H19BO4. The second-order valence-electron chi connectivity index (χ2n) is 4.94. The van der Waals surface area contributed by atoms with Crippen molar-refractivity contribution >= 4 is 13.1 Å². The van der Waals surface area contributed by atoms with Crippen LogP contribution in [0, 0.1) is 0 Å². The van der Waals surface area contributed by atoms with Crippen molar-refractivity contribution in [2.45, 2.75) is 51.6 Å². The van der Waals surface area contributed by atoms with E-state index in [9.17, 15) is 4.79 Å². The zero-order valence-corrected chi connectivity index (χ0v) is 10.3. The van der Waals surface area contributed by atoms with Gasteiger partial charge in [0.05, 0.1) is 24.1 Å². The van der Waals surface area contributed by atoms with Gasteiger partial charge in [-0.2, -0.15) is 0 Å².